The van der Waals surface area contributed by atoms with E-state index >= 15 is 0 Å². The second-order valence-corrected chi connectivity index (χ2v) is 6.62. The Balaban J connectivity index is 1.69. The first-order valence-corrected chi connectivity index (χ1v) is 8.34. The summed E-state index contributed by atoms with van der Waals surface area (Å²) in [6, 6.07) is 9.65. The third-order valence-corrected chi connectivity index (χ3v) is 4.83. The average molecular weight is 330 g/mol. The van der Waals surface area contributed by atoms with Crippen molar-refractivity contribution >= 4 is 17.8 Å². The molecule has 1 aliphatic carbocycles. The second kappa shape index (κ2) is 6.63. The van der Waals surface area contributed by atoms with Crippen LogP contribution in [-0.2, 0) is 14.4 Å². The van der Waals surface area contributed by atoms with Gasteiger partial charge in [-0.05, 0) is 25.3 Å². The molecular formula is C18H22N2O4. The Labute approximate surface area is 141 Å². The van der Waals surface area contributed by atoms with E-state index in [1.54, 1.807) is 4.90 Å². The number of likely N-dealkylation sites (tertiary alicyclic amines) is 1. The van der Waals surface area contributed by atoms with Gasteiger partial charge in [-0.25, -0.2) is 0 Å². The molecule has 0 bridgehead atoms. The molecule has 1 aliphatic heterocycles. The summed E-state index contributed by atoms with van der Waals surface area (Å²) in [5, 5.41) is 9.02. The van der Waals surface area contributed by atoms with Gasteiger partial charge in [0.1, 0.15) is 6.54 Å². The Morgan fingerprint density at radius 3 is 2.54 bits per heavy atom. The average Bonchev–Trinajstić information content (AvgIpc) is 3.34. The molecule has 0 aromatic heterocycles. The number of nitrogens with zero attached hydrogens (tertiary/aromatic N) is 2. The number of hydrogen-bond acceptors (Lipinski definition) is 3. The molecule has 1 saturated heterocycles. The van der Waals surface area contributed by atoms with Gasteiger partial charge in [0.25, 0.3) is 0 Å². The van der Waals surface area contributed by atoms with Crippen molar-refractivity contribution < 1.29 is 19.5 Å². The van der Waals surface area contributed by atoms with Crippen molar-refractivity contribution in [2.24, 2.45) is 5.92 Å². The SMILES string of the molecule is CC(c1ccccc1)N1CC(C(=O)N(CC(=O)O)C2CC2)CC1=O. The Bertz CT molecular complexity index is 642. The van der Waals surface area contributed by atoms with Gasteiger partial charge in [-0.2, -0.15) is 0 Å². The van der Waals surface area contributed by atoms with Crippen molar-refractivity contribution in [3.8, 4) is 0 Å². The highest BCUT2D eigenvalue weighted by Crippen LogP contribution is 2.33. The number of carboxylic acids is 1. The predicted molar refractivity (Wildman–Crippen MR) is 87.0 cm³/mol. The first kappa shape index (κ1) is 16.5. The molecule has 3 rings (SSSR count). The van der Waals surface area contributed by atoms with Crippen LogP contribution in [0.1, 0.15) is 37.8 Å². The van der Waals surface area contributed by atoms with Gasteiger partial charge in [-0.15, -0.1) is 0 Å². The molecule has 2 atom stereocenters. The number of carbonyl (C=O) groups excluding carboxylic acids is 2. The molecule has 2 aliphatic rings. The monoisotopic (exact) mass is 330 g/mol. The lowest BCUT2D eigenvalue weighted by atomic mass is 10.1. The van der Waals surface area contributed by atoms with E-state index in [0.717, 1.165) is 18.4 Å². The summed E-state index contributed by atoms with van der Waals surface area (Å²) in [6.45, 7) is 2.04. The summed E-state index contributed by atoms with van der Waals surface area (Å²) < 4.78 is 0. The number of amides is 2. The Hall–Kier alpha value is -2.37. The standard InChI is InChI=1S/C18H22N2O4/c1-12(13-5-3-2-4-6-13)19-10-14(9-16(19)21)18(24)20(11-17(22)23)15-7-8-15/h2-6,12,14-15H,7-11H2,1H3,(H,22,23). The Morgan fingerprint density at radius 1 is 1.29 bits per heavy atom. The summed E-state index contributed by atoms with van der Waals surface area (Å²) >= 11 is 0. The van der Waals surface area contributed by atoms with Crippen LogP contribution in [0.3, 0.4) is 0 Å². The number of benzene rings is 1. The molecule has 128 valence electrons. The fraction of sp³-hybridized carbons (Fsp3) is 0.500. The summed E-state index contributed by atoms with van der Waals surface area (Å²) in [5.74, 6) is -1.69. The molecule has 1 N–H and O–H groups in total. The van der Waals surface area contributed by atoms with Crippen molar-refractivity contribution in [3.05, 3.63) is 35.9 Å². The molecular weight excluding hydrogens is 308 g/mol. The molecule has 24 heavy (non-hydrogen) atoms. The zero-order valence-corrected chi connectivity index (χ0v) is 13.7. The van der Waals surface area contributed by atoms with E-state index in [4.69, 9.17) is 5.11 Å². The fourth-order valence-corrected chi connectivity index (χ4v) is 3.34. The van der Waals surface area contributed by atoms with Gasteiger partial charge in [-0.3, -0.25) is 14.4 Å². The van der Waals surface area contributed by atoms with Crippen LogP contribution in [0.2, 0.25) is 0 Å². The minimum Gasteiger partial charge on any atom is -0.480 e. The van der Waals surface area contributed by atoms with Crippen LogP contribution < -0.4 is 0 Å². The van der Waals surface area contributed by atoms with E-state index in [1.165, 1.54) is 4.90 Å². The molecule has 0 radical (unpaired) electrons. The van der Waals surface area contributed by atoms with Gasteiger partial charge in [0.15, 0.2) is 0 Å². The summed E-state index contributed by atoms with van der Waals surface area (Å²) in [4.78, 5) is 39.2. The summed E-state index contributed by atoms with van der Waals surface area (Å²) in [5.41, 5.74) is 1.03. The topological polar surface area (TPSA) is 77.9 Å². The maximum atomic E-state index is 12.7. The fourth-order valence-electron chi connectivity index (χ4n) is 3.34. The van der Waals surface area contributed by atoms with E-state index in [9.17, 15) is 14.4 Å². The van der Waals surface area contributed by atoms with Gasteiger partial charge in [0, 0.05) is 19.0 Å². The maximum absolute atomic E-state index is 12.7. The van der Waals surface area contributed by atoms with Crippen molar-refractivity contribution in [2.45, 2.75) is 38.3 Å². The first-order chi connectivity index (χ1) is 11.5. The molecule has 1 saturated carbocycles. The van der Waals surface area contributed by atoms with Crippen molar-refractivity contribution in [3.63, 3.8) is 0 Å². The number of aliphatic carboxylic acids is 1. The van der Waals surface area contributed by atoms with E-state index in [-0.39, 0.29) is 36.9 Å². The van der Waals surface area contributed by atoms with Crippen LogP contribution >= 0.6 is 0 Å². The third-order valence-electron chi connectivity index (χ3n) is 4.83. The molecule has 2 unspecified atom stereocenters. The smallest absolute Gasteiger partial charge is 0.323 e. The van der Waals surface area contributed by atoms with Gasteiger partial charge >= 0.3 is 5.97 Å². The normalized spacial score (nSPS) is 21.6. The highest BCUT2D eigenvalue weighted by molar-refractivity contribution is 5.91. The molecule has 6 nitrogen and oxygen atoms in total. The van der Waals surface area contributed by atoms with Crippen LogP contribution in [0.4, 0.5) is 0 Å². The third kappa shape index (κ3) is 3.42. The zero-order chi connectivity index (χ0) is 17.3. The lowest BCUT2D eigenvalue weighted by molar-refractivity contribution is -0.146. The van der Waals surface area contributed by atoms with Gasteiger partial charge in [0.2, 0.25) is 11.8 Å². The Kier molecular flexibility index (Phi) is 4.55. The highest BCUT2D eigenvalue weighted by Gasteiger charge is 2.42. The van der Waals surface area contributed by atoms with E-state index in [2.05, 4.69) is 0 Å². The van der Waals surface area contributed by atoms with Gasteiger partial charge in [0.05, 0.1) is 12.0 Å². The second-order valence-electron chi connectivity index (χ2n) is 6.62. The van der Waals surface area contributed by atoms with E-state index in [1.807, 2.05) is 37.3 Å². The number of carboxylic acid groups (broad SMARTS) is 1. The zero-order valence-electron chi connectivity index (χ0n) is 13.7. The number of rotatable bonds is 6. The number of hydrogen-bond donors (Lipinski definition) is 1. The molecule has 2 fully saturated rings. The van der Waals surface area contributed by atoms with Crippen molar-refractivity contribution in [1.82, 2.24) is 9.80 Å². The van der Waals surface area contributed by atoms with E-state index in [0.29, 0.717) is 6.54 Å². The van der Waals surface area contributed by atoms with Crippen LogP contribution in [0.25, 0.3) is 0 Å². The molecule has 1 heterocycles. The van der Waals surface area contributed by atoms with Crippen molar-refractivity contribution in [2.75, 3.05) is 13.1 Å². The van der Waals surface area contributed by atoms with Crippen LogP contribution in [0, 0.1) is 5.92 Å². The van der Waals surface area contributed by atoms with Gasteiger partial charge < -0.3 is 14.9 Å². The molecule has 2 amide bonds. The van der Waals surface area contributed by atoms with Crippen LogP contribution in [0.15, 0.2) is 30.3 Å². The number of carbonyl (C=O) groups is 3. The van der Waals surface area contributed by atoms with Gasteiger partial charge in [-0.1, -0.05) is 30.3 Å². The highest BCUT2D eigenvalue weighted by atomic mass is 16.4. The van der Waals surface area contributed by atoms with Crippen LogP contribution in [0.5, 0.6) is 0 Å². The molecule has 6 heteroatoms. The molecule has 1 aromatic carbocycles. The largest absolute Gasteiger partial charge is 0.480 e. The first-order valence-electron chi connectivity index (χ1n) is 8.34. The minimum atomic E-state index is -1.01. The lowest BCUT2D eigenvalue weighted by Gasteiger charge is -2.26. The predicted octanol–water partition coefficient (Wildman–Crippen LogP) is 1.67. The summed E-state index contributed by atoms with van der Waals surface area (Å²) in [6.07, 6.45) is 1.87. The minimum absolute atomic E-state index is 0.0318. The molecule has 0 spiro atoms. The van der Waals surface area contributed by atoms with Crippen molar-refractivity contribution in [1.29, 1.82) is 0 Å². The Morgan fingerprint density at radius 2 is 1.96 bits per heavy atom. The lowest BCUT2D eigenvalue weighted by Crippen LogP contribution is -2.42. The maximum Gasteiger partial charge on any atom is 0.323 e. The molecule has 1 aromatic rings. The van der Waals surface area contributed by atoms with Crippen LogP contribution in [-0.4, -0.2) is 51.8 Å². The summed E-state index contributed by atoms with van der Waals surface area (Å²) in [7, 11) is 0. The van der Waals surface area contributed by atoms with E-state index < -0.39 is 11.9 Å². The quantitative estimate of drug-likeness (QED) is 0.861.